The van der Waals surface area contributed by atoms with Gasteiger partial charge in [0.25, 0.3) is 0 Å². The van der Waals surface area contributed by atoms with Gasteiger partial charge in [-0.15, -0.1) is 11.8 Å². The Bertz CT molecular complexity index is 651. The molecule has 3 rings (SSSR count). The Hall–Kier alpha value is -1.53. The average Bonchev–Trinajstić information content (AvgIpc) is 3.12. The largest absolute Gasteiger partial charge is 0.481 e. The van der Waals surface area contributed by atoms with Gasteiger partial charge in [0.1, 0.15) is 0 Å². The van der Waals surface area contributed by atoms with Crippen molar-refractivity contribution < 1.29 is 14.7 Å². The number of likely N-dealkylation sites (tertiary alicyclic amines) is 1. The van der Waals surface area contributed by atoms with Crippen LogP contribution >= 0.6 is 11.8 Å². The number of carboxylic acid groups (broad SMARTS) is 1. The smallest absolute Gasteiger partial charge is 0.311 e. The summed E-state index contributed by atoms with van der Waals surface area (Å²) in [5.74, 6) is -0.603. The summed E-state index contributed by atoms with van der Waals surface area (Å²) < 4.78 is 0. The molecule has 24 heavy (non-hydrogen) atoms. The Morgan fingerprint density at radius 1 is 1.42 bits per heavy atom. The molecular weight excluding hydrogens is 324 g/mol. The molecule has 130 valence electrons. The zero-order valence-electron chi connectivity index (χ0n) is 14.1. The summed E-state index contributed by atoms with van der Waals surface area (Å²) in [4.78, 5) is 27.5. The number of nitrogens with zero attached hydrogens (tertiary/aromatic N) is 1. The molecule has 1 saturated heterocycles. The fourth-order valence-electron chi connectivity index (χ4n) is 4.12. The number of carbonyl (C=O) groups is 2. The summed E-state index contributed by atoms with van der Waals surface area (Å²) in [6.07, 6.45) is 4.64. The van der Waals surface area contributed by atoms with Crippen molar-refractivity contribution >= 4 is 29.3 Å². The Morgan fingerprint density at radius 3 is 2.83 bits per heavy atom. The van der Waals surface area contributed by atoms with Crippen LogP contribution in [0.25, 0.3) is 0 Å². The van der Waals surface area contributed by atoms with Crippen LogP contribution in [-0.2, 0) is 9.59 Å². The zero-order chi connectivity index (χ0) is 17.3. The molecule has 1 heterocycles. The van der Waals surface area contributed by atoms with Gasteiger partial charge in [-0.05, 0) is 44.1 Å². The number of hydrogen-bond acceptors (Lipinski definition) is 4. The Balaban J connectivity index is 1.70. The summed E-state index contributed by atoms with van der Waals surface area (Å²) in [6.45, 7) is 3.05. The second-order valence-corrected chi connectivity index (χ2v) is 7.69. The highest BCUT2D eigenvalue weighted by Gasteiger charge is 2.55. The van der Waals surface area contributed by atoms with Crippen LogP contribution in [0.5, 0.6) is 0 Å². The number of fused-ring (bicyclic) bond motifs is 1. The van der Waals surface area contributed by atoms with Gasteiger partial charge < -0.3 is 10.4 Å². The molecule has 2 aliphatic rings. The maximum absolute atomic E-state index is 12.7. The third-order valence-electron chi connectivity index (χ3n) is 5.62. The lowest BCUT2D eigenvalue weighted by atomic mass is 9.81. The SMILES string of the molecule is CSc1ccccc1NC(=O)C(C)N1C[C@@H]2CCC[C@@]2(C(=O)O)C1. The molecule has 2 N–H and O–H groups in total. The number of benzene rings is 1. The number of para-hydroxylation sites is 1. The Morgan fingerprint density at radius 2 is 2.17 bits per heavy atom. The molecule has 1 aromatic rings. The molecule has 1 unspecified atom stereocenters. The first-order valence-corrected chi connectivity index (χ1v) is 9.62. The van der Waals surface area contributed by atoms with E-state index in [2.05, 4.69) is 5.32 Å². The molecule has 1 saturated carbocycles. The molecule has 0 spiro atoms. The van der Waals surface area contributed by atoms with Gasteiger partial charge >= 0.3 is 5.97 Å². The van der Waals surface area contributed by atoms with Gasteiger partial charge in [-0.25, -0.2) is 0 Å². The number of nitrogens with one attached hydrogen (secondary N) is 1. The molecule has 0 bridgehead atoms. The molecule has 0 aromatic heterocycles. The van der Waals surface area contributed by atoms with E-state index < -0.39 is 11.4 Å². The van der Waals surface area contributed by atoms with Gasteiger partial charge in [0, 0.05) is 18.0 Å². The number of thioether (sulfide) groups is 1. The monoisotopic (exact) mass is 348 g/mol. The van der Waals surface area contributed by atoms with E-state index in [-0.39, 0.29) is 17.9 Å². The van der Waals surface area contributed by atoms with Crippen molar-refractivity contribution in [3.8, 4) is 0 Å². The van der Waals surface area contributed by atoms with Gasteiger partial charge in [0.15, 0.2) is 0 Å². The van der Waals surface area contributed by atoms with Crippen LogP contribution in [0, 0.1) is 11.3 Å². The van der Waals surface area contributed by atoms with E-state index in [0.717, 1.165) is 29.8 Å². The molecule has 1 aliphatic carbocycles. The maximum atomic E-state index is 12.7. The van der Waals surface area contributed by atoms with E-state index in [4.69, 9.17) is 0 Å². The molecular formula is C18H24N2O3S. The van der Waals surface area contributed by atoms with Gasteiger partial charge in [-0.2, -0.15) is 0 Å². The Labute approximate surface area is 146 Å². The standard InChI is InChI=1S/C18H24N2O3S/c1-12(16(21)19-14-7-3-4-8-15(14)24-2)20-10-13-6-5-9-18(13,11-20)17(22)23/h3-4,7-8,12-13H,5-6,9-11H2,1-2H3,(H,19,21)(H,22,23)/t12?,13-,18+/m0/s1. The lowest BCUT2D eigenvalue weighted by Gasteiger charge is -2.26. The number of anilines is 1. The summed E-state index contributed by atoms with van der Waals surface area (Å²) in [7, 11) is 0. The molecule has 0 radical (unpaired) electrons. The van der Waals surface area contributed by atoms with Crippen molar-refractivity contribution in [2.75, 3.05) is 24.7 Å². The minimum Gasteiger partial charge on any atom is -0.481 e. The van der Waals surface area contributed by atoms with Gasteiger partial charge in [-0.3, -0.25) is 14.5 Å². The van der Waals surface area contributed by atoms with Crippen molar-refractivity contribution in [2.24, 2.45) is 11.3 Å². The zero-order valence-corrected chi connectivity index (χ0v) is 14.9. The van der Waals surface area contributed by atoms with Crippen LogP contribution in [0.3, 0.4) is 0 Å². The van der Waals surface area contributed by atoms with Gasteiger partial charge in [-0.1, -0.05) is 18.6 Å². The summed E-state index contributed by atoms with van der Waals surface area (Å²) in [6, 6.07) is 7.39. The van der Waals surface area contributed by atoms with E-state index in [0.29, 0.717) is 13.1 Å². The van der Waals surface area contributed by atoms with E-state index in [1.165, 1.54) is 0 Å². The van der Waals surface area contributed by atoms with Crippen LogP contribution < -0.4 is 5.32 Å². The number of amides is 1. The van der Waals surface area contributed by atoms with Crippen molar-refractivity contribution in [3.63, 3.8) is 0 Å². The molecule has 1 amide bonds. The van der Waals surface area contributed by atoms with E-state index in [9.17, 15) is 14.7 Å². The van der Waals surface area contributed by atoms with Crippen molar-refractivity contribution in [3.05, 3.63) is 24.3 Å². The molecule has 2 fully saturated rings. The quantitative estimate of drug-likeness (QED) is 0.801. The first-order chi connectivity index (χ1) is 11.5. The van der Waals surface area contributed by atoms with E-state index in [1.54, 1.807) is 11.8 Å². The molecule has 3 atom stereocenters. The highest BCUT2D eigenvalue weighted by atomic mass is 32.2. The van der Waals surface area contributed by atoms with Crippen LogP contribution in [0.1, 0.15) is 26.2 Å². The van der Waals surface area contributed by atoms with Crippen molar-refractivity contribution in [2.45, 2.75) is 37.1 Å². The topological polar surface area (TPSA) is 69.6 Å². The summed E-state index contributed by atoms with van der Waals surface area (Å²) in [5.41, 5.74) is 0.167. The maximum Gasteiger partial charge on any atom is 0.311 e. The van der Waals surface area contributed by atoms with Crippen LogP contribution in [-0.4, -0.2) is 47.3 Å². The normalized spacial score (nSPS) is 27.7. The van der Waals surface area contributed by atoms with Crippen LogP contribution in [0.2, 0.25) is 0 Å². The average molecular weight is 348 g/mol. The van der Waals surface area contributed by atoms with Crippen molar-refractivity contribution in [1.29, 1.82) is 0 Å². The molecule has 1 aromatic carbocycles. The first-order valence-electron chi connectivity index (χ1n) is 8.39. The fourth-order valence-corrected chi connectivity index (χ4v) is 4.68. The minimum atomic E-state index is -0.701. The van der Waals surface area contributed by atoms with Crippen LogP contribution in [0.15, 0.2) is 29.2 Å². The molecule has 1 aliphatic heterocycles. The number of carboxylic acids is 1. The summed E-state index contributed by atoms with van der Waals surface area (Å²) in [5, 5.41) is 12.7. The second-order valence-electron chi connectivity index (χ2n) is 6.85. The number of carbonyl (C=O) groups excluding carboxylic acids is 1. The van der Waals surface area contributed by atoms with Gasteiger partial charge in [0.05, 0.1) is 17.1 Å². The number of hydrogen-bond donors (Lipinski definition) is 2. The third kappa shape index (κ3) is 2.93. The molecule has 5 nitrogen and oxygen atoms in total. The first kappa shape index (κ1) is 17.3. The fraction of sp³-hybridized carbons (Fsp3) is 0.556. The number of aliphatic carboxylic acids is 1. The summed E-state index contributed by atoms with van der Waals surface area (Å²) >= 11 is 1.59. The lowest BCUT2D eigenvalue weighted by molar-refractivity contribution is -0.149. The number of rotatable bonds is 5. The highest BCUT2D eigenvalue weighted by molar-refractivity contribution is 7.98. The third-order valence-corrected chi connectivity index (χ3v) is 6.41. The predicted molar refractivity (Wildman–Crippen MR) is 95.3 cm³/mol. The minimum absolute atomic E-state index is 0.0722. The van der Waals surface area contributed by atoms with Crippen LogP contribution in [0.4, 0.5) is 5.69 Å². The van der Waals surface area contributed by atoms with Crippen molar-refractivity contribution in [1.82, 2.24) is 4.90 Å². The van der Waals surface area contributed by atoms with E-state index >= 15 is 0 Å². The second kappa shape index (κ2) is 6.76. The highest BCUT2D eigenvalue weighted by Crippen LogP contribution is 2.49. The molecule has 6 heteroatoms. The lowest BCUT2D eigenvalue weighted by Crippen LogP contribution is -2.43. The van der Waals surface area contributed by atoms with Gasteiger partial charge in [0.2, 0.25) is 5.91 Å². The van der Waals surface area contributed by atoms with E-state index in [1.807, 2.05) is 42.3 Å². The predicted octanol–water partition coefficient (Wildman–Crippen LogP) is 2.92. The Kier molecular flexibility index (Phi) is 4.88.